The van der Waals surface area contributed by atoms with E-state index in [1.807, 2.05) is 0 Å². The van der Waals surface area contributed by atoms with Crippen molar-refractivity contribution in [3.05, 3.63) is 70.9 Å². The molecule has 1 fully saturated rings. The van der Waals surface area contributed by atoms with Gasteiger partial charge in [0, 0.05) is 41.8 Å². The molecule has 2 amide bonds. The Bertz CT molecular complexity index is 1300. The van der Waals surface area contributed by atoms with E-state index in [1.165, 1.54) is 23.1 Å². The van der Waals surface area contributed by atoms with Crippen LogP contribution in [0.4, 0.5) is 22.0 Å². The van der Waals surface area contributed by atoms with Gasteiger partial charge >= 0.3 is 6.43 Å². The molecule has 182 valence electrons. The highest BCUT2D eigenvalue weighted by molar-refractivity contribution is 5.99. The Balaban J connectivity index is 1.38. The summed E-state index contributed by atoms with van der Waals surface area (Å²) in [5.41, 5.74) is 0.134. The van der Waals surface area contributed by atoms with Gasteiger partial charge in [-0.1, -0.05) is 18.2 Å². The molecule has 2 aromatic carbocycles. The molecule has 0 spiro atoms. The molecule has 1 saturated heterocycles. The summed E-state index contributed by atoms with van der Waals surface area (Å²) in [6.07, 6.45) is -3.66. The molecule has 1 atom stereocenters. The average Bonchev–Trinajstić information content (AvgIpc) is 3.51. The Morgan fingerprint density at radius 1 is 1.17 bits per heavy atom. The quantitative estimate of drug-likeness (QED) is 0.496. The van der Waals surface area contributed by atoms with Crippen molar-refractivity contribution in [1.82, 2.24) is 20.0 Å². The molecule has 2 aliphatic heterocycles. The third-order valence-corrected chi connectivity index (χ3v) is 6.03. The van der Waals surface area contributed by atoms with Crippen LogP contribution in [0.3, 0.4) is 0 Å². The van der Waals surface area contributed by atoms with Gasteiger partial charge in [-0.15, -0.1) is 10.2 Å². The monoisotopic (exact) mass is 492 g/mol. The van der Waals surface area contributed by atoms with Crippen molar-refractivity contribution in [2.24, 2.45) is 0 Å². The van der Waals surface area contributed by atoms with E-state index in [0.29, 0.717) is 0 Å². The molecule has 35 heavy (non-hydrogen) atoms. The second kappa shape index (κ2) is 8.43. The van der Waals surface area contributed by atoms with E-state index in [2.05, 4.69) is 10.2 Å². The van der Waals surface area contributed by atoms with Gasteiger partial charge in [0.2, 0.25) is 5.89 Å². The Hall–Kier alpha value is -3.83. The molecule has 3 heterocycles. The maximum atomic E-state index is 14.8. The van der Waals surface area contributed by atoms with Crippen LogP contribution in [0, 0.1) is 5.82 Å². The Morgan fingerprint density at radius 2 is 1.91 bits per heavy atom. The van der Waals surface area contributed by atoms with Gasteiger partial charge in [-0.2, -0.15) is 8.78 Å². The second-order valence-electron chi connectivity index (χ2n) is 8.43. The second-order valence-corrected chi connectivity index (χ2v) is 8.43. The lowest BCUT2D eigenvalue weighted by Crippen LogP contribution is -2.43. The summed E-state index contributed by atoms with van der Waals surface area (Å²) in [6, 6.07) is 9.19. The number of likely N-dealkylation sites (tertiary alicyclic amines) is 1. The van der Waals surface area contributed by atoms with Crippen molar-refractivity contribution in [3.63, 3.8) is 0 Å². The summed E-state index contributed by atoms with van der Waals surface area (Å²) < 4.78 is 73.7. The van der Waals surface area contributed by atoms with Crippen molar-refractivity contribution >= 4 is 11.8 Å². The zero-order valence-electron chi connectivity index (χ0n) is 17.9. The van der Waals surface area contributed by atoms with E-state index in [-0.39, 0.29) is 41.2 Å². The molecule has 7 nitrogen and oxygen atoms in total. The summed E-state index contributed by atoms with van der Waals surface area (Å²) in [6.45, 7) is -1.21. The first kappa shape index (κ1) is 22.9. The zero-order chi connectivity index (χ0) is 24.9. The van der Waals surface area contributed by atoms with Crippen LogP contribution in [0.1, 0.15) is 45.0 Å². The average molecular weight is 492 g/mol. The fraction of sp³-hybridized carbons (Fsp3) is 0.304. The zero-order valence-corrected chi connectivity index (χ0v) is 17.9. The number of benzene rings is 2. The molecule has 0 N–H and O–H groups in total. The van der Waals surface area contributed by atoms with Crippen molar-refractivity contribution in [3.8, 4) is 11.5 Å². The number of carbonyl (C=O) groups is 2. The van der Waals surface area contributed by atoms with Crippen molar-refractivity contribution in [2.45, 2.75) is 31.4 Å². The topological polar surface area (TPSA) is 79.5 Å². The van der Waals surface area contributed by atoms with Crippen molar-refractivity contribution < 1.29 is 36.0 Å². The van der Waals surface area contributed by atoms with Crippen LogP contribution < -0.4 is 0 Å². The SMILES string of the molecule is O=C1c2cc(-c3nnc(C(F)F)o3)cc(F)c2CN1C[C@H]1CC(F)(F)CN1C(=O)c1ccccc1. The maximum Gasteiger partial charge on any atom is 0.314 e. The number of hydrogen-bond acceptors (Lipinski definition) is 5. The summed E-state index contributed by atoms with van der Waals surface area (Å²) in [5, 5.41) is 6.65. The first-order valence-corrected chi connectivity index (χ1v) is 10.6. The fourth-order valence-corrected chi connectivity index (χ4v) is 4.43. The molecular formula is C23H17F5N4O3. The minimum Gasteiger partial charge on any atom is -0.415 e. The Kier molecular flexibility index (Phi) is 5.53. The minimum absolute atomic E-state index is 0.0260. The molecule has 0 aliphatic carbocycles. The predicted molar refractivity (Wildman–Crippen MR) is 110 cm³/mol. The molecule has 0 saturated carbocycles. The van der Waals surface area contributed by atoms with Crippen LogP contribution in [0.25, 0.3) is 11.5 Å². The van der Waals surface area contributed by atoms with Crippen molar-refractivity contribution in [1.29, 1.82) is 0 Å². The first-order valence-electron chi connectivity index (χ1n) is 10.6. The van der Waals surface area contributed by atoms with Crippen LogP contribution in [-0.4, -0.2) is 56.9 Å². The molecule has 5 rings (SSSR count). The standard InChI is InChI=1S/C23H17F5N4O3/c24-17-7-13(19-29-30-20(35-19)18(25)26)6-15-16(17)10-31(22(15)34)9-14-8-23(27,28)11-32(14)21(33)12-4-2-1-3-5-12/h1-7,14,18H,8-11H2/t14-/m1/s1. The number of hydrogen-bond donors (Lipinski definition) is 0. The van der Waals surface area contributed by atoms with Gasteiger partial charge in [0.05, 0.1) is 12.6 Å². The number of nitrogens with zero attached hydrogens (tertiary/aromatic N) is 4. The number of halogens is 5. The molecule has 3 aromatic rings. The molecule has 0 unspecified atom stereocenters. The number of fused-ring (bicyclic) bond motifs is 1. The van der Waals surface area contributed by atoms with Gasteiger partial charge in [-0.3, -0.25) is 9.59 Å². The van der Waals surface area contributed by atoms with Crippen LogP contribution in [0.5, 0.6) is 0 Å². The van der Waals surface area contributed by atoms with Crippen LogP contribution in [-0.2, 0) is 6.54 Å². The summed E-state index contributed by atoms with van der Waals surface area (Å²) in [7, 11) is 0. The highest BCUT2D eigenvalue weighted by Gasteiger charge is 2.48. The maximum absolute atomic E-state index is 14.8. The lowest BCUT2D eigenvalue weighted by molar-refractivity contribution is 0.0116. The smallest absolute Gasteiger partial charge is 0.314 e. The number of rotatable bonds is 5. The van der Waals surface area contributed by atoms with Crippen LogP contribution >= 0.6 is 0 Å². The predicted octanol–water partition coefficient (Wildman–Crippen LogP) is 4.32. The van der Waals surface area contributed by atoms with E-state index in [4.69, 9.17) is 4.42 Å². The highest BCUT2D eigenvalue weighted by atomic mass is 19.3. The lowest BCUT2D eigenvalue weighted by atomic mass is 10.1. The Morgan fingerprint density at radius 3 is 2.60 bits per heavy atom. The van der Waals surface area contributed by atoms with Gasteiger partial charge in [-0.05, 0) is 24.3 Å². The minimum atomic E-state index is -3.14. The number of amides is 2. The van der Waals surface area contributed by atoms with E-state index < -0.39 is 54.9 Å². The summed E-state index contributed by atoms with van der Waals surface area (Å²) in [5.74, 6) is -6.50. The van der Waals surface area contributed by atoms with E-state index >= 15 is 0 Å². The molecule has 2 aliphatic rings. The lowest BCUT2D eigenvalue weighted by Gasteiger charge is -2.28. The van der Waals surface area contributed by atoms with Gasteiger partial charge in [0.1, 0.15) is 5.82 Å². The fourth-order valence-electron chi connectivity index (χ4n) is 4.43. The van der Waals surface area contributed by atoms with Crippen molar-refractivity contribution in [2.75, 3.05) is 13.1 Å². The van der Waals surface area contributed by atoms with E-state index in [9.17, 15) is 31.5 Å². The van der Waals surface area contributed by atoms with Gasteiger partial charge in [0.15, 0.2) is 0 Å². The normalized spacial score (nSPS) is 19.0. The number of carbonyl (C=O) groups excluding carboxylic acids is 2. The largest absolute Gasteiger partial charge is 0.415 e. The third kappa shape index (κ3) is 4.24. The first-order chi connectivity index (χ1) is 16.6. The molecule has 1 aromatic heterocycles. The molecule has 0 bridgehead atoms. The Labute approximate surface area is 195 Å². The van der Waals surface area contributed by atoms with E-state index in [1.54, 1.807) is 18.2 Å². The molecular weight excluding hydrogens is 475 g/mol. The highest BCUT2D eigenvalue weighted by Crippen LogP contribution is 2.36. The van der Waals surface area contributed by atoms with E-state index in [0.717, 1.165) is 11.0 Å². The van der Waals surface area contributed by atoms with Gasteiger partial charge in [-0.25, -0.2) is 13.2 Å². The molecule has 12 heteroatoms. The third-order valence-electron chi connectivity index (χ3n) is 6.03. The van der Waals surface area contributed by atoms with Gasteiger partial charge < -0.3 is 14.2 Å². The summed E-state index contributed by atoms with van der Waals surface area (Å²) in [4.78, 5) is 28.1. The van der Waals surface area contributed by atoms with Crippen LogP contribution in [0.15, 0.2) is 46.9 Å². The van der Waals surface area contributed by atoms with Gasteiger partial charge in [0.25, 0.3) is 23.6 Å². The number of alkyl halides is 4. The number of aromatic nitrogens is 2. The summed E-state index contributed by atoms with van der Waals surface area (Å²) >= 11 is 0. The molecule has 0 radical (unpaired) electrons. The van der Waals surface area contributed by atoms with Crippen LogP contribution in [0.2, 0.25) is 0 Å².